The first-order chi connectivity index (χ1) is 10.9. The molecule has 1 heterocycles. The van der Waals surface area contributed by atoms with E-state index in [0.29, 0.717) is 27.6 Å². The lowest BCUT2D eigenvalue weighted by molar-refractivity contribution is -0.119. The van der Waals surface area contributed by atoms with Crippen LogP contribution in [0.5, 0.6) is 5.75 Å². The number of benzene rings is 2. The fourth-order valence-electron chi connectivity index (χ4n) is 2.94. The van der Waals surface area contributed by atoms with Crippen LogP contribution in [0.15, 0.2) is 36.4 Å². The molecule has 2 aromatic rings. The largest absolute Gasteiger partial charge is 0.496 e. The van der Waals surface area contributed by atoms with E-state index >= 15 is 0 Å². The Kier molecular flexibility index (Phi) is 3.76. The van der Waals surface area contributed by atoms with Gasteiger partial charge in [0.1, 0.15) is 11.2 Å². The second kappa shape index (κ2) is 5.49. The van der Waals surface area contributed by atoms with Crippen LogP contribution in [0.25, 0.3) is 0 Å². The van der Waals surface area contributed by atoms with E-state index in [1.807, 2.05) is 0 Å². The summed E-state index contributed by atoms with van der Waals surface area (Å²) < 4.78 is 31.1. The summed E-state index contributed by atoms with van der Waals surface area (Å²) in [5.41, 5.74) is 0.399. The second-order valence-electron chi connectivity index (χ2n) is 5.53. The third-order valence-corrected chi connectivity index (χ3v) is 4.47. The first-order valence-corrected chi connectivity index (χ1v) is 7.33. The van der Waals surface area contributed by atoms with Gasteiger partial charge in [-0.3, -0.25) is 4.79 Å². The fraction of sp³-hybridized carbons (Fsp3) is 0.235. The summed E-state index contributed by atoms with van der Waals surface area (Å²) in [4.78, 5) is 12.6. The van der Waals surface area contributed by atoms with Crippen molar-refractivity contribution in [2.75, 3.05) is 12.4 Å². The van der Waals surface area contributed by atoms with Crippen LogP contribution in [0.1, 0.15) is 30.0 Å². The van der Waals surface area contributed by atoms with Crippen molar-refractivity contribution in [2.24, 2.45) is 0 Å². The van der Waals surface area contributed by atoms with Gasteiger partial charge in [0.15, 0.2) is 0 Å². The zero-order chi connectivity index (χ0) is 16.8. The average molecular weight is 338 g/mol. The second-order valence-corrected chi connectivity index (χ2v) is 5.97. The molecule has 1 N–H and O–H groups in total. The van der Waals surface area contributed by atoms with E-state index in [9.17, 15) is 13.6 Å². The van der Waals surface area contributed by atoms with Crippen LogP contribution in [0, 0.1) is 0 Å². The number of hydrogen-bond acceptors (Lipinski definition) is 2. The standard InChI is InChI=1S/C17H14ClF2NO2/c1-17(12-8-10(18)4-6-14(12)23-2)11-5-3-9(15(19)20)7-13(11)21-16(17)22/h3-8,15H,1-2H3,(H,21,22). The summed E-state index contributed by atoms with van der Waals surface area (Å²) >= 11 is 6.07. The highest BCUT2D eigenvalue weighted by molar-refractivity contribution is 6.30. The van der Waals surface area contributed by atoms with Crippen molar-refractivity contribution in [3.8, 4) is 5.75 Å². The van der Waals surface area contributed by atoms with Gasteiger partial charge in [0.05, 0.1) is 7.11 Å². The van der Waals surface area contributed by atoms with Crippen molar-refractivity contribution in [3.63, 3.8) is 0 Å². The first kappa shape index (κ1) is 15.7. The van der Waals surface area contributed by atoms with E-state index < -0.39 is 11.8 Å². The third kappa shape index (κ3) is 2.36. The highest BCUT2D eigenvalue weighted by Gasteiger charge is 2.46. The number of carbonyl (C=O) groups excluding carboxylic acids is 1. The van der Waals surface area contributed by atoms with Crippen molar-refractivity contribution in [2.45, 2.75) is 18.8 Å². The van der Waals surface area contributed by atoms with Crippen LogP contribution in [0.3, 0.4) is 0 Å². The Labute approximate surface area is 137 Å². The molecular formula is C17H14ClF2NO2. The van der Waals surface area contributed by atoms with E-state index in [4.69, 9.17) is 16.3 Å². The van der Waals surface area contributed by atoms with Gasteiger partial charge in [-0.1, -0.05) is 23.7 Å². The molecule has 0 saturated heterocycles. The van der Waals surface area contributed by atoms with Crippen molar-refractivity contribution in [3.05, 3.63) is 58.1 Å². The summed E-state index contributed by atoms with van der Waals surface area (Å²) in [5.74, 6) is 0.206. The predicted molar refractivity (Wildman–Crippen MR) is 84.5 cm³/mol. The molecule has 0 spiro atoms. The average Bonchev–Trinajstić information content (AvgIpc) is 2.78. The maximum atomic E-state index is 12.9. The number of hydrogen-bond donors (Lipinski definition) is 1. The van der Waals surface area contributed by atoms with Gasteiger partial charge in [-0.25, -0.2) is 8.78 Å². The molecule has 1 atom stereocenters. The molecule has 0 fully saturated rings. The number of nitrogens with one attached hydrogen (secondary N) is 1. The van der Waals surface area contributed by atoms with Crippen LogP contribution in [-0.4, -0.2) is 13.0 Å². The fourth-order valence-corrected chi connectivity index (χ4v) is 3.12. The number of alkyl halides is 2. The number of rotatable bonds is 3. The minimum Gasteiger partial charge on any atom is -0.496 e. The van der Waals surface area contributed by atoms with Gasteiger partial charge < -0.3 is 10.1 Å². The molecule has 6 heteroatoms. The molecule has 1 amide bonds. The summed E-state index contributed by atoms with van der Waals surface area (Å²) in [6.45, 7) is 1.73. The van der Waals surface area contributed by atoms with Crippen LogP contribution in [-0.2, 0) is 10.2 Å². The topological polar surface area (TPSA) is 38.3 Å². The monoisotopic (exact) mass is 337 g/mol. The van der Waals surface area contributed by atoms with E-state index in [2.05, 4.69) is 5.32 Å². The van der Waals surface area contributed by atoms with Crippen LogP contribution in [0.4, 0.5) is 14.5 Å². The molecule has 23 heavy (non-hydrogen) atoms. The summed E-state index contributed by atoms with van der Waals surface area (Å²) in [7, 11) is 1.50. The molecule has 0 saturated carbocycles. The Morgan fingerprint density at radius 1 is 1.17 bits per heavy atom. The molecule has 0 aliphatic carbocycles. The molecular weight excluding hydrogens is 324 g/mol. The summed E-state index contributed by atoms with van der Waals surface area (Å²) in [6.07, 6.45) is -2.59. The van der Waals surface area contributed by atoms with Gasteiger partial charge in [0.2, 0.25) is 5.91 Å². The normalized spacial score (nSPS) is 19.7. The van der Waals surface area contributed by atoms with Gasteiger partial charge >= 0.3 is 0 Å². The number of anilines is 1. The van der Waals surface area contributed by atoms with Crippen molar-refractivity contribution < 1.29 is 18.3 Å². The Morgan fingerprint density at radius 2 is 1.91 bits per heavy atom. The molecule has 1 aliphatic rings. The molecule has 0 aromatic heterocycles. The maximum Gasteiger partial charge on any atom is 0.263 e. The van der Waals surface area contributed by atoms with Gasteiger partial charge in [-0.2, -0.15) is 0 Å². The molecule has 120 valence electrons. The number of amides is 1. The number of carbonyl (C=O) groups is 1. The Morgan fingerprint density at radius 3 is 2.57 bits per heavy atom. The highest BCUT2D eigenvalue weighted by atomic mass is 35.5. The lowest BCUT2D eigenvalue weighted by atomic mass is 9.76. The number of ether oxygens (including phenoxy) is 1. The van der Waals surface area contributed by atoms with Crippen molar-refractivity contribution in [1.82, 2.24) is 0 Å². The smallest absolute Gasteiger partial charge is 0.263 e. The molecule has 0 bridgehead atoms. The molecule has 3 nitrogen and oxygen atoms in total. The summed E-state index contributed by atoms with van der Waals surface area (Å²) in [6, 6.07) is 9.20. The predicted octanol–water partition coefficient (Wildman–Crippen LogP) is 4.54. The van der Waals surface area contributed by atoms with Gasteiger partial charge in [0, 0.05) is 21.8 Å². The van der Waals surface area contributed by atoms with Crippen LogP contribution in [0.2, 0.25) is 5.02 Å². The van der Waals surface area contributed by atoms with Gasteiger partial charge in [-0.15, -0.1) is 0 Å². The maximum absolute atomic E-state index is 12.9. The number of fused-ring (bicyclic) bond motifs is 1. The van der Waals surface area contributed by atoms with E-state index in [-0.39, 0.29) is 11.5 Å². The minimum atomic E-state index is -2.59. The van der Waals surface area contributed by atoms with Gasteiger partial charge in [-0.05, 0) is 36.8 Å². The molecule has 1 aliphatic heterocycles. The molecule has 1 unspecified atom stereocenters. The van der Waals surface area contributed by atoms with Crippen LogP contribution >= 0.6 is 11.6 Å². The molecule has 2 aromatic carbocycles. The zero-order valence-electron chi connectivity index (χ0n) is 12.5. The Hall–Kier alpha value is -2.14. The first-order valence-electron chi connectivity index (χ1n) is 6.96. The van der Waals surface area contributed by atoms with Crippen molar-refractivity contribution >= 4 is 23.2 Å². The quantitative estimate of drug-likeness (QED) is 0.892. The number of halogens is 3. The SMILES string of the molecule is COc1ccc(Cl)cc1C1(C)C(=O)Nc2cc(C(F)F)ccc21. The number of methoxy groups -OCH3 is 1. The van der Waals surface area contributed by atoms with Crippen LogP contribution < -0.4 is 10.1 Å². The minimum absolute atomic E-state index is 0.133. The molecule has 0 radical (unpaired) electrons. The summed E-state index contributed by atoms with van der Waals surface area (Å²) in [5, 5.41) is 3.15. The van der Waals surface area contributed by atoms with E-state index in [1.165, 1.54) is 19.2 Å². The van der Waals surface area contributed by atoms with E-state index in [0.717, 1.165) is 0 Å². The lowest BCUT2D eigenvalue weighted by Crippen LogP contribution is -2.32. The van der Waals surface area contributed by atoms with Gasteiger partial charge in [0.25, 0.3) is 6.43 Å². The molecule has 3 rings (SSSR count). The Balaban J connectivity index is 2.21. The lowest BCUT2D eigenvalue weighted by Gasteiger charge is -2.25. The third-order valence-electron chi connectivity index (χ3n) is 4.24. The zero-order valence-corrected chi connectivity index (χ0v) is 13.2. The Bertz CT molecular complexity index is 794. The highest BCUT2D eigenvalue weighted by Crippen LogP contribution is 2.47. The van der Waals surface area contributed by atoms with E-state index in [1.54, 1.807) is 31.2 Å². The van der Waals surface area contributed by atoms with Crippen molar-refractivity contribution in [1.29, 1.82) is 0 Å².